The van der Waals surface area contributed by atoms with Crippen LogP contribution in [0.25, 0.3) is 17.2 Å². The number of hydrogen-bond acceptors (Lipinski definition) is 2. The third kappa shape index (κ3) is 3.58. The van der Waals surface area contributed by atoms with Crippen LogP contribution in [0.2, 0.25) is 0 Å². The zero-order valence-corrected chi connectivity index (χ0v) is 17.7. The fourth-order valence-electron chi connectivity index (χ4n) is 4.30. The standard InChI is InChI=1S/C25H30O3/c1-16-14-20-21(25(4,5)13-12-24(20,2)3)15-19(16)18-9-7-8-17(23(18)28-6)10-11-22(26)27/h7-11,14-15H,12-13H2,1-6H3,(H,26,27). The van der Waals surface area contributed by atoms with Gasteiger partial charge in [-0.3, -0.25) is 0 Å². The quantitative estimate of drug-likeness (QED) is 0.652. The summed E-state index contributed by atoms with van der Waals surface area (Å²) in [7, 11) is 1.64. The Balaban J connectivity index is 2.23. The normalized spacial score (nSPS) is 17.4. The van der Waals surface area contributed by atoms with Crippen molar-refractivity contribution < 1.29 is 14.6 Å². The van der Waals surface area contributed by atoms with Crippen LogP contribution in [-0.4, -0.2) is 18.2 Å². The van der Waals surface area contributed by atoms with Gasteiger partial charge in [-0.05, 0) is 65.0 Å². The predicted molar refractivity (Wildman–Crippen MR) is 115 cm³/mol. The molecule has 148 valence electrons. The summed E-state index contributed by atoms with van der Waals surface area (Å²) in [6.07, 6.45) is 5.08. The highest BCUT2D eigenvalue weighted by Crippen LogP contribution is 2.48. The average molecular weight is 379 g/mol. The van der Waals surface area contributed by atoms with Crippen LogP contribution in [-0.2, 0) is 15.6 Å². The molecule has 0 unspecified atom stereocenters. The number of carboxylic acids is 1. The summed E-state index contributed by atoms with van der Waals surface area (Å²) in [5.41, 5.74) is 7.25. The first-order chi connectivity index (χ1) is 13.1. The molecule has 0 bridgehead atoms. The molecule has 3 rings (SSSR count). The van der Waals surface area contributed by atoms with Gasteiger partial charge in [0.25, 0.3) is 0 Å². The van der Waals surface area contributed by atoms with E-state index >= 15 is 0 Å². The largest absolute Gasteiger partial charge is 0.495 e. The van der Waals surface area contributed by atoms with Crippen molar-refractivity contribution in [2.45, 2.75) is 58.3 Å². The minimum Gasteiger partial charge on any atom is -0.495 e. The second-order valence-corrected chi connectivity index (χ2v) is 9.08. The molecular formula is C25H30O3. The lowest BCUT2D eigenvalue weighted by molar-refractivity contribution is -0.131. The lowest BCUT2D eigenvalue weighted by Crippen LogP contribution is -2.34. The minimum atomic E-state index is -0.971. The predicted octanol–water partition coefficient (Wildman–Crippen LogP) is 6.12. The van der Waals surface area contributed by atoms with Crippen LogP contribution in [0.5, 0.6) is 5.75 Å². The van der Waals surface area contributed by atoms with Crippen molar-refractivity contribution in [2.24, 2.45) is 0 Å². The van der Waals surface area contributed by atoms with Crippen LogP contribution < -0.4 is 4.74 Å². The van der Waals surface area contributed by atoms with Crippen molar-refractivity contribution >= 4 is 12.0 Å². The number of fused-ring (bicyclic) bond motifs is 1. The Morgan fingerprint density at radius 3 is 2.21 bits per heavy atom. The Labute approximate surface area is 168 Å². The number of carboxylic acid groups (broad SMARTS) is 1. The van der Waals surface area contributed by atoms with Crippen molar-refractivity contribution in [2.75, 3.05) is 7.11 Å². The van der Waals surface area contributed by atoms with E-state index in [1.807, 2.05) is 18.2 Å². The Bertz CT molecular complexity index is 949. The maximum absolute atomic E-state index is 10.9. The molecule has 0 saturated heterocycles. The molecular weight excluding hydrogens is 348 g/mol. The summed E-state index contributed by atoms with van der Waals surface area (Å²) < 4.78 is 5.71. The van der Waals surface area contributed by atoms with E-state index in [0.29, 0.717) is 5.75 Å². The van der Waals surface area contributed by atoms with E-state index in [0.717, 1.165) is 29.2 Å². The van der Waals surface area contributed by atoms with Gasteiger partial charge in [0.2, 0.25) is 0 Å². The lowest BCUT2D eigenvalue weighted by Gasteiger charge is -2.42. The van der Waals surface area contributed by atoms with Gasteiger partial charge >= 0.3 is 5.97 Å². The van der Waals surface area contributed by atoms with Gasteiger partial charge in [0.05, 0.1) is 7.11 Å². The SMILES string of the molecule is COc1c(C=CC(=O)O)cccc1-c1cc2c(cc1C)C(C)(C)CCC2(C)C. The molecule has 2 aromatic carbocycles. The lowest BCUT2D eigenvalue weighted by atomic mass is 9.62. The number of aryl methyl sites for hydroxylation is 1. The van der Waals surface area contributed by atoms with Gasteiger partial charge in [0.15, 0.2) is 0 Å². The number of benzene rings is 2. The third-order valence-electron chi connectivity index (χ3n) is 6.14. The molecule has 1 aliphatic carbocycles. The highest BCUT2D eigenvalue weighted by molar-refractivity contribution is 5.87. The molecule has 0 spiro atoms. The summed E-state index contributed by atoms with van der Waals surface area (Å²) in [5, 5.41) is 8.98. The molecule has 1 N–H and O–H groups in total. The van der Waals surface area contributed by atoms with Gasteiger partial charge in [-0.15, -0.1) is 0 Å². The van der Waals surface area contributed by atoms with E-state index in [1.54, 1.807) is 13.2 Å². The van der Waals surface area contributed by atoms with Crippen molar-refractivity contribution in [3.63, 3.8) is 0 Å². The van der Waals surface area contributed by atoms with Gasteiger partial charge in [-0.1, -0.05) is 52.0 Å². The van der Waals surface area contributed by atoms with Crippen LogP contribution in [0.1, 0.15) is 62.8 Å². The highest BCUT2D eigenvalue weighted by atomic mass is 16.5. The number of methoxy groups -OCH3 is 1. The Hall–Kier alpha value is -2.55. The molecule has 1 aliphatic rings. The number of rotatable bonds is 4. The Kier molecular flexibility index (Phi) is 5.14. The van der Waals surface area contributed by atoms with Gasteiger partial charge in [0, 0.05) is 17.2 Å². The minimum absolute atomic E-state index is 0.126. The van der Waals surface area contributed by atoms with E-state index in [4.69, 9.17) is 9.84 Å². The zero-order valence-electron chi connectivity index (χ0n) is 17.7. The monoisotopic (exact) mass is 378 g/mol. The molecule has 3 heteroatoms. The molecule has 0 amide bonds. The van der Waals surface area contributed by atoms with E-state index in [1.165, 1.54) is 23.1 Å². The molecule has 28 heavy (non-hydrogen) atoms. The first kappa shape index (κ1) is 20.2. The molecule has 0 atom stereocenters. The smallest absolute Gasteiger partial charge is 0.328 e. The third-order valence-corrected chi connectivity index (χ3v) is 6.14. The molecule has 0 aliphatic heterocycles. The summed E-state index contributed by atoms with van der Waals surface area (Å²) in [4.78, 5) is 10.9. The first-order valence-electron chi connectivity index (χ1n) is 9.81. The maximum atomic E-state index is 10.9. The second kappa shape index (κ2) is 7.12. The van der Waals surface area contributed by atoms with Crippen LogP contribution in [0, 0.1) is 6.92 Å². The molecule has 2 aromatic rings. The number of ether oxygens (including phenoxy) is 1. The van der Waals surface area contributed by atoms with E-state index in [-0.39, 0.29) is 10.8 Å². The molecule has 0 radical (unpaired) electrons. The van der Waals surface area contributed by atoms with E-state index < -0.39 is 5.97 Å². The maximum Gasteiger partial charge on any atom is 0.328 e. The van der Waals surface area contributed by atoms with E-state index in [9.17, 15) is 4.79 Å². The zero-order chi connectivity index (χ0) is 20.7. The van der Waals surface area contributed by atoms with Crippen molar-refractivity contribution in [3.8, 4) is 16.9 Å². The number of aliphatic carboxylic acids is 1. The summed E-state index contributed by atoms with van der Waals surface area (Å²) in [6.45, 7) is 11.5. The van der Waals surface area contributed by atoms with Crippen LogP contribution in [0.4, 0.5) is 0 Å². The highest BCUT2D eigenvalue weighted by Gasteiger charge is 2.37. The van der Waals surface area contributed by atoms with Gasteiger partial charge in [-0.2, -0.15) is 0 Å². The topological polar surface area (TPSA) is 46.5 Å². The molecule has 0 saturated carbocycles. The molecule has 0 fully saturated rings. The summed E-state index contributed by atoms with van der Waals surface area (Å²) in [6, 6.07) is 10.5. The van der Waals surface area contributed by atoms with Gasteiger partial charge in [-0.25, -0.2) is 4.79 Å². The summed E-state index contributed by atoms with van der Waals surface area (Å²) in [5.74, 6) is -0.266. The summed E-state index contributed by atoms with van der Waals surface area (Å²) >= 11 is 0. The Morgan fingerprint density at radius 1 is 1.04 bits per heavy atom. The van der Waals surface area contributed by atoms with Crippen molar-refractivity contribution in [1.29, 1.82) is 0 Å². The van der Waals surface area contributed by atoms with Crippen LogP contribution >= 0.6 is 0 Å². The average Bonchev–Trinajstić information content (AvgIpc) is 2.63. The van der Waals surface area contributed by atoms with Crippen molar-refractivity contribution in [1.82, 2.24) is 0 Å². The molecule has 0 heterocycles. The van der Waals surface area contributed by atoms with Gasteiger partial charge < -0.3 is 9.84 Å². The second-order valence-electron chi connectivity index (χ2n) is 9.08. The fraction of sp³-hybridized carbons (Fsp3) is 0.400. The van der Waals surface area contributed by atoms with Gasteiger partial charge in [0.1, 0.15) is 5.75 Å². The van der Waals surface area contributed by atoms with E-state index in [2.05, 4.69) is 46.8 Å². The van der Waals surface area contributed by atoms with Crippen LogP contribution in [0.15, 0.2) is 36.4 Å². The van der Waals surface area contributed by atoms with Crippen molar-refractivity contribution in [3.05, 3.63) is 58.7 Å². The number of carbonyl (C=O) groups is 1. The fourth-order valence-corrected chi connectivity index (χ4v) is 4.30. The molecule has 3 nitrogen and oxygen atoms in total. The Morgan fingerprint density at radius 2 is 1.64 bits per heavy atom. The number of para-hydroxylation sites is 1. The molecule has 0 aromatic heterocycles. The number of hydrogen-bond donors (Lipinski definition) is 1. The van der Waals surface area contributed by atoms with Crippen LogP contribution in [0.3, 0.4) is 0 Å². The first-order valence-corrected chi connectivity index (χ1v) is 9.81.